The maximum Gasteiger partial charge on any atom is 0.274 e. The van der Waals surface area contributed by atoms with Gasteiger partial charge in [-0.2, -0.15) is 15.4 Å². The number of aromatic nitrogens is 3. The molecular formula is C7H7N5O3. The summed E-state index contributed by atoms with van der Waals surface area (Å²) in [5.41, 5.74) is 0.0714. The summed E-state index contributed by atoms with van der Waals surface area (Å²) >= 11 is 0. The molecule has 1 aromatic heterocycles. The predicted octanol–water partition coefficient (Wildman–Crippen LogP) is -2.05. The molecule has 1 saturated heterocycles. The van der Waals surface area contributed by atoms with Gasteiger partial charge < -0.3 is 5.32 Å². The van der Waals surface area contributed by atoms with E-state index in [0.717, 1.165) is 0 Å². The number of hydrogen-bond donors (Lipinski definition) is 3. The van der Waals surface area contributed by atoms with E-state index in [-0.39, 0.29) is 12.1 Å². The highest BCUT2D eigenvalue weighted by molar-refractivity contribution is 6.07. The molecule has 1 atom stereocenters. The summed E-state index contributed by atoms with van der Waals surface area (Å²) in [6, 6.07) is -0.818. The van der Waals surface area contributed by atoms with Crippen molar-refractivity contribution in [1.29, 1.82) is 0 Å². The van der Waals surface area contributed by atoms with Gasteiger partial charge in [-0.1, -0.05) is 0 Å². The zero-order valence-corrected chi connectivity index (χ0v) is 7.48. The number of nitrogens with one attached hydrogen (secondary N) is 3. The number of imide groups is 1. The molecule has 3 N–H and O–H groups in total. The lowest BCUT2D eigenvalue weighted by molar-refractivity contribution is -0.125. The molecular weight excluding hydrogens is 202 g/mol. The third-order valence-corrected chi connectivity index (χ3v) is 1.92. The number of rotatable bonds is 2. The van der Waals surface area contributed by atoms with E-state index < -0.39 is 23.8 Å². The van der Waals surface area contributed by atoms with Gasteiger partial charge in [0, 0.05) is 0 Å². The van der Waals surface area contributed by atoms with Gasteiger partial charge in [0.15, 0.2) is 5.69 Å². The first-order chi connectivity index (χ1) is 7.16. The van der Waals surface area contributed by atoms with Crippen LogP contribution >= 0.6 is 0 Å². The number of amides is 3. The smallest absolute Gasteiger partial charge is 0.274 e. The zero-order chi connectivity index (χ0) is 10.8. The van der Waals surface area contributed by atoms with Crippen molar-refractivity contribution < 1.29 is 14.4 Å². The number of carbonyl (C=O) groups excluding carboxylic acids is 3. The lowest BCUT2D eigenvalue weighted by Gasteiger charge is -2.06. The molecule has 0 aliphatic carbocycles. The van der Waals surface area contributed by atoms with Gasteiger partial charge in [-0.3, -0.25) is 19.7 Å². The Kier molecular flexibility index (Phi) is 2.16. The van der Waals surface area contributed by atoms with Gasteiger partial charge in [0.25, 0.3) is 5.91 Å². The van der Waals surface area contributed by atoms with Crippen molar-refractivity contribution in [3.8, 4) is 0 Å². The van der Waals surface area contributed by atoms with Gasteiger partial charge in [-0.15, -0.1) is 0 Å². The van der Waals surface area contributed by atoms with Crippen LogP contribution in [0.15, 0.2) is 6.20 Å². The molecule has 1 unspecified atom stereocenters. The van der Waals surface area contributed by atoms with Crippen LogP contribution in [0.2, 0.25) is 0 Å². The lowest BCUT2D eigenvalue weighted by atomic mass is 10.2. The van der Waals surface area contributed by atoms with Crippen LogP contribution in [-0.2, 0) is 9.59 Å². The standard InChI is InChI=1S/C7H7N5O3/c13-5-1-3(6(14)10-5)9-7(15)4-2-8-12-11-4/h2-3H,1H2,(H,9,15)(H,8,11,12)(H,10,13,14). The number of hydrogen-bond acceptors (Lipinski definition) is 5. The lowest BCUT2D eigenvalue weighted by Crippen LogP contribution is -2.40. The molecule has 1 fully saturated rings. The molecule has 0 aromatic carbocycles. The minimum atomic E-state index is -0.818. The van der Waals surface area contributed by atoms with Crippen molar-refractivity contribution in [2.75, 3.05) is 0 Å². The first-order valence-electron chi connectivity index (χ1n) is 4.17. The van der Waals surface area contributed by atoms with Crippen LogP contribution in [0.25, 0.3) is 0 Å². The quantitative estimate of drug-likeness (QED) is 0.484. The fourth-order valence-corrected chi connectivity index (χ4v) is 1.21. The van der Waals surface area contributed by atoms with Crippen LogP contribution in [0, 0.1) is 0 Å². The van der Waals surface area contributed by atoms with Crippen molar-refractivity contribution in [3.63, 3.8) is 0 Å². The topological polar surface area (TPSA) is 117 Å². The SMILES string of the molecule is O=C1CC(NC(=O)c2cn[nH]n2)C(=O)N1. The zero-order valence-electron chi connectivity index (χ0n) is 7.48. The van der Waals surface area contributed by atoms with Gasteiger partial charge in [0.05, 0.1) is 12.6 Å². The molecule has 2 heterocycles. The third-order valence-electron chi connectivity index (χ3n) is 1.92. The van der Waals surface area contributed by atoms with Crippen molar-refractivity contribution in [2.45, 2.75) is 12.5 Å². The first kappa shape index (κ1) is 9.31. The molecule has 1 aliphatic rings. The molecule has 0 spiro atoms. The van der Waals surface area contributed by atoms with Gasteiger partial charge in [0.1, 0.15) is 6.04 Å². The highest BCUT2D eigenvalue weighted by Gasteiger charge is 2.32. The number of H-pyrrole nitrogens is 1. The van der Waals surface area contributed by atoms with Gasteiger partial charge >= 0.3 is 0 Å². The van der Waals surface area contributed by atoms with E-state index in [1.807, 2.05) is 0 Å². The summed E-state index contributed by atoms with van der Waals surface area (Å²) in [5.74, 6) is -1.44. The van der Waals surface area contributed by atoms with Crippen molar-refractivity contribution in [2.24, 2.45) is 0 Å². The van der Waals surface area contributed by atoms with Crippen molar-refractivity contribution in [1.82, 2.24) is 26.0 Å². The Hall–Kier alpha value is -2.25. The molecule has 78 valence electrons. The second kappa shape index (κ2) is 3.48. The molecule has 15 heavy (non-hydrogen) atoms. The minimum Gasteiger partial charge on any atom is -0.338 e. The number of carbonyl (C=O) groups is 3. The summed E-state index contributed by atoms with van der Waals surface area (Å²) in [6.45, 7) is 0. The Bertz CT molecular complexity index is 412. The van der Waals surface area contributed by atoms with E-state index in [1.54, 1.807) is 0 Å². The summed E-state index contributed by atoms with van der Waals surface area (Å²) in [5, 5.41) is 13.7. The summed E-state index contributed by atoms with van der Waals surface area (Å²) in [4.78, 5) is 33.3. The third kappa shape index (κ3) is 1.82. The van der Waals surface area contributed by atoms with Gasteiger partial charge in [-0.25, -0.2) is 0 Å². The Morgan fingerprint density at radius 1 is 1.53 bits per heavy atom. The second-order valence-corrected chi connectivity index (χ2v) is 3.00. The normalized spacial score (nSPS) is 20.1. The van der Waals surface area contributed by atoms with E-state index in [9.17, 15) is 14.4 Å². The Balaban J connectivity index is 2.01. The highest BCUT2D eigenvalue weighted by Crippen LogP contribution is 2.02. The minimum absolute atomic E-state index is 0.0393. The summed E-state index contributed by atoms with van der Waals surface area (Å²) in [6.07, 6.45) is 1.19. The van der Waals surface area contributed by atoms with Crippen LogP contribution in [0.1, 0.15) is 16.9 Å². The molecule has 1 aliphatic heterocycles. The Morgan fingerprint density at radius 3 is 2.87 bits per heavy atom. The van der Waals surface area contributed by atoms with Crippen molar-refractivity contribution >= 4 is 17.7 Å². The Labute approximate surface area is 83.4 Å². The van der Waals surface area contributed by atoms with E-state index >= 15 is 0 Å². The molecule has 3 amide bonds. The van der Waals surface area contributed by atoms with Crippen LogP contribution in [0.5, 0.6) is 0 Å². The summed E-state index contributed by atoms with van der Waals surface area (Å²) < 4.78 is 0. The maximum atomic E-state index is 11.4. The molecule has 8 nitrogen and oxygen atoms in total. The average Bonchev–Trinajstić information content (AvgIpc) is 2.76. The van der Waals surface area contributed by atoms with E-state index in [0.29, 0.717) is 0 Å². The van der Waals surface area contributed by atoms with Crippen molar-refractivity contribution in [3.05, 3.63) is 11.9 Å². The average molecular weight is 209 g/mol. The molecule has 8 heteroatoms. The molecule has 2 rings (SSSR count). The predicted molar refractivity (Wildman–Crippen MR) is 45.4 cm³/mol. The molecule has 0 bridgehead atoms. The fraction of sp³-hybridized carbons (Fsp3) is 0.286. The van der Waals surface area contributed by atoms with Crippen LogP contribution < -0.4 is 10.6 Å². The van der Waals surface area contributed by atoms with Crippen LogP contribution in [0.4, 0.5) is 0 Å². The molecule has 1 aromatic rings. The van der Waals surface area contributed by atoms with Crippen LogP contribution in [-0.4, -0.2) is 39.2 Å². The molecule has 0 radical (unpaired) electrons. The highest BCUT2D eigenvalue weighted by atomic mass is 16.2. The van der Waals surface area contributed by atoms with E-state index in [1.165, 1.54) is 6.20 Å². The largest absolute Gasteiger partial charge is 0.338 e. The number of nitrogens with zero attached hydrogens (tertiary/aromatic N) is 2. The first-order valence-corrected chi connectivity index (χ1v) is 4.17. The second-order valence-electron chi connectivity index (χ2n) is 3.00. The van der Waals surface area contributed by atoms with Gasteiger partial charge in [0.2, 0.25) is 11.8 Å². The Morgan fingerprint density at radius 2 is 2.33 bits per heavy atom. The monoisotopic (exact) mass is 209 g/mol. The van der Waals surface area contributed by atoms with E-state index in [4.69, 9.17) is 0 Å². The van der Waals surface area contributed by atoms with Gasteiger partial charge in [-0.05, 0) is 0 Å². The van der Waals surface area contributed by atoms with E-state index in [2.05, 4.69) is 26.0 Å². The maximum absolute atomic E-state index is 11.4. The summed E-state index contributed by atoms with van der Waals surface area (Å²) in [7, 11) is 0. The molecule has 0 saturated carbocycles. The fourth-order valence-electron chi connectivity index (χ4n) is 1.21. The van der Waals surface area contributed by atoms with Crippen LogP contribution in [0.3, 0.4) is 0 Å². The number of aromatic amines is 1.